The zero-order valence-electron chi connectivity index (χ0n) is 17.0. The molecule has 0 radical (unpaired) electrons. The Morgan fingerprint density at radius 3 is 2.63 bits per heavy atom. The Labute approximate surface area is 174 Å². The molecule has 2 heterocycles. The summed E-state index contributed by atoms with van der Waals surface area (Å²) in [6.45, 7) is 3.19. The van der Waals surface area contributed by atoms with Crippen molar-refractivity contribution in [2.24, 2.45) is 23.2 Å². The van der Waals surface area contributed by atoms with E-state index in [1.54, 1.807) is 0 Å². The summed E-state index contributed by atoms with van der Waals surface area (Å²) in [5, 5.41) is 50.3. The Morgan fingerprint density at radius 1 is 1.20 bits per heavy atom. The monoisotopic (exact) mass is 426 g/mol. The molecule has 0 aromatic heterocycles. The average Bonchev–Trinajstić information content (AvgIpc) is 2.99. The number of carbonyl (C=O) groups is 1. The van der Waals surface area contributed by atoms with Crippen LogP contribution < -0.4 is 0 Å². The van der Waals surface area contributed by atoms with Gasteiger partial charge in [0.2, 0.25) is 0 Å². The lowest BCUT2D eigenvalue weighted by molar-refractivity contribution is -0.299. The summed E-state index contributed by atoms with van der Waals surface area (Å²) in [6, 6.07) is 0. The lowest BCUT2D eigenvalue weighted by Crippen LogP contribution is -2.59. The molecule has 2 saturated heterocycles. The van der Waals surface area contributed by atoms with Crippen LogP contribution in [0, 0.1) is 23.2 Å². The third kappa shape index (κ3) is 3.33. The van der Waals surface area contributed by atoms with E-state index in [9.17, 15) is 30.3 Å². The van der Waals surface area contributed by atoms with Gasteiger partial charge >= 0.3 is 5.97 Å². The van der Waals surface area contributed by atoms with Crippen LogP contribution in [0.15, 0.2) is 23.8 Å². The minimum Gasteiger partial charge on any atom is -0.461 e. The second kappa shape index (κ2) is 7.98. The van der Waals surface area contributed by atoms with Crippen LogP contribution in [0.4, 0.5) is 0 Å². The normalized spacial score (nSPS) is 50.5. The van der Waals surface area contributed by atoms with Crippen LogP contribution in [0.5, 0.6) is 0 Å². The number of rotatable bonds is 4. The Morgan fingerprint density at radius 2 is 1.93 bits per heavy atom. The molecule has 5 N–H and O–H groups in total. The summed E-state index contributed by atoms with van der Waals surface area (Å²) in [5.74, 6) is -0.985. The number of allylic oxidation sites excluding steroid dienone is 2. The van der Waals surface area contributed by atoms with Gasteiger partial charge in [0.05, 0.1) is 25.2 Å². The maximum absolute atomic E-state index is 12.2. The highest BCUT2D eigenvalue weighted by Crippen LogP contribution is 2.54. The van der Waals surface area contributed by atoms with Crippen molar-refractivity contribution in [2.45, 2.75) is 63.2 Å². The molecule has 9 heteroatoms. The molecule has 168 valence electrons. The minimum atomic E-state index is -1.52. The van der Waals surface area contributed by atoms with E-state index in [1.165, 1.54) is 0 Å². The zero-order chi connectivity index (χ0) is 21.8. The molecule has 2 aliphatic heterocycles. The predicted molar refractivity (Wildman–Crippen MR) is 102 cm³/mol. The number of ether oxygens (including phenoxy) is 3. The first-order valence-corrected chi connectivity index (χ1v) is 10.4. The molecule has 0 bridgehead atoms. The first-order chi connectivity index (χ1) is 14.2. The summed E-state index contributed by atoms with van der Waals surface area (Å²) < 4.78 is 16.9. The van der Waals surface area contributed by atoms with Crippen molar-refractivity contribution < 1.29 is 44.5 Å². The Hall–Kier alpha value is -1.33. The van der Waals surface area contributed by atoms with E-state index in [0.717, 1.165) is 5.57 Å². The number of aliphatic hydroxyl groups is 5. The van der Waals surface area contributed by atoms with Crippen molar-refractivity contribution in [1.29, 1.82) is 0 Å². The minimum absolute atomic E-state index is 0.00480. The van der Waals surface area contributed by atoms with Gasteiger partial charge in [0.15, 0.2) is 6.29 Å². The topological polar surface area (TPSA) is 146 Å². The van der Waals surface area contributed by atoms with Crippen molar-refractivity contribution in [3.05, 3.63) is 23.8 Å². The molecule has 4 rings (SSSR count). The van der Waals surface area contributed by atoms with E-state index in [1.807, 2.05) is 32.1 Å². The van der Waals surface area contributed by atoms with Crippen LogP contribution in [0.3, 0.4) is 0 Å². The van der Waals surface area contributed by atoms with Crippen molar-refractivity contribution in [3.8, 4) is 0 Å². The lowest BCUT2D eigenvalue weighted by Gasteiger charge is -2.50. The zero-order valence-corrected chi connectivity index (χ0v) is 17.0. The number of aliphatic hydroxyl groups excluding tert-OH is 5. The van der Waals surface area contributed by atoms with Crippen LogP contribution in [0.2, 0.25) is 0 Å². The molecular formula is C21H30O9. The van der Waals surface area contributed by atoms with Gasteiger partial charge in [0.1, 0.15) is 30.5 Å². The van der Waals surface area contributed by atoms with Gasteiger partial charge in [-0.15, -0.1) is 0 Å². The molecule has 0 aromatic rings. The van der Waals surface area contributed by atoms with E-state index >= 15 is 0 Å². The van der Waals surface area contributed by atoms with Gasteiger partial charge in [0.25, 0.3) is 0 Å². The van der Waals surface area contributed by atoms with Gasteiger partial charge in [-0.25, -0.2) is 0 Å². The summed E-state index contributed by atoms with van der Waals surface area (Å²) in [6.07, 6.45) is -1.80. The Bertz CT molecular complexity index is 734. The number of hydrogen-bond donors (Lipinski definition) is 5. The third-order valence-corrected chi connectivity index (χ3v) is 7.33. The van der Waals surface area contributed by atoms with Gasteiger partial charge in [-0.3, -0.25) is 4.79 Å². The summed E-state index contributed by atoms with van der Waals surface area (Å²) in [7, 11) is 0. The molecule has 0 spiro atoms. The SMILES string of the molecule is C[C@H]1C(=O)O[C@H]2[C@@H]1C[C@@H](O)[C@@]1(C)C=CC=C(CO[C@H]3O[C@@H](CO)[C@H](O)[C@@H](O)[C@@H]3O)[C@H]21. The molecule has 9 nitrogen and oxygen atoms in total. The molecule has 2 aliphatic carbocycles. The molecule has 1 saturated carbocycles. The Balaban J connectivity index is 1.53. The van der Waals surface area contributed by atoms with Crippen LogP contribution in [-0.4, -0.2) is 87.6 Å². The molecular weight excluding hydrogens is 396 g/mol. The number of carbonyl (C=O) groups excluding carboxylic acids is 1. The largest absolute Gasteiger partial charge is 0.461 e. The highest BCUT2D eigenvalue weighted by molar-refractivity contribution is 5.75. The molecule has 0 amide bonds. The lowest BCUT2D eigenvalue weighted by atomic mass is 9.56. The molecule has 30 heavy (non-hydrogen) atoms. The standard InChI is InChI=1S/C21H30O9/c1-9-11-6-13(23)21(2)5-3-4-10(14(21)18(11)30-19(9)27)8-28-20-17(26)16(25)15(24)12(7-22)29-20/h3-5,9,11-18,20,22-26H,6-8H2,1-2H3/t9-,11-,12+,13-,14-,15+,16-,17+,18+,20+,21-/m1/s1. The average molecular weight is 426 g/mol. The summed E-state index contributed by atoms with van der Waals surface area (Å²) >= 11 is 0. The fourth-order valence-corrected chi connectivity index (χ4v) is 5.34. The summed E-state index contributed by atoms with van der Waals surface area (Å²) in [5.41, 5.74) is 0.126. The van der Waals surface area contributed by atoms with E-state index < -0.39 is 54.9 Å². The van der Waals surface area contributed by atoms with E-state index in [0.29, 0.717) is 6.42 Å². The first kappa shape index (κ1) is 21.9. The number of fused-ring (bicyclic) bond motifs is 3. The fourth-order valence-electron chi connectivity index (χ4n) is 5.34. The molecule has 11 atom stereocenters. The van der Waals surface area contributed by atoms with Crippen molar-refractivity contribution >= 4 is 5.97 Å². The van der Waals surface area contributed by atoms with E-state index in [-0.39, 0.29) is 30.3 Å². The second-order valence-electron chi connectivity index (χ2n) is 9.06. The van der Waals surface area contributed by atoms with Gasteiger partial charge in [-0.2, -0.15) is 0 Å². The quantitative estimate of drug-likeness (QED) is 0.352. The van der Waals surface area contributed by atoms with Crippen molar-refractivity contribution in [1.82, 2.24) is 0 Å². The maximum Gasteiger partial charge on any atom is 0.309 e. The number of hydrogen-bond acceptors (Lipinski definition) is 9. The van der Waals surface area contributed by atoms with Crippen LogP contribution in [0.1, 0.15) is 20.3 Å². The van der Waals surface area contributed by atoms with Crippen LogP contribution >= 0.6 is 0 Å². The Kier molecular flexibility index (Phi) is 5.82. The molecule has 3 fully saturated rings. The van der Waals surface area contributed by atoms with Gasteiger partial charge in [-0.1, -0.05) is 32.1 Å². The third-order valence-electron chi connectivity index (χ3n) is 7.33. The highest BCUT2D eigenvalue weighted by Gasteiger charge is 2.59. The molecule has 4 aliphatic rings. The molecule has 0 unspecified atom stereocenters. The van der Waals surface area contributed by atoms with Crippen molar-refractivity contribution in [2.75, 3.05) is 13.2 Å². The smallest absolute Gasteiger partial charge is 0.309 e. The summed E-state index contributed by atoms with van der Waals surface area (Å²) in [4.78, 5) is 12.2. The number of esters is 1. The molecule has 0 aromatic carbocycles. The van der Waals surface area contributed by atoms with Crippen molar-refractivity contribution in [3.63, 3.8) is 0 Å². The van der Waals surface area contributed by atoms with Crippen LogP contribution in [0.25, 0.3) is 0 Å². The predicted octanol–water partition coefficient (Wildman–Crippen LogP) is -1.14. The maximum atomic E-state index is 12.2. The first-order valence-electron chi connectivity index (χ1n) is 10.4. The highest BCUT2D eigenvalue weighted by atomic mass is 16.7. The van der Waals surface area contributed by atoms with E-state index in [2.05, 4.69) is 0 Å². The second-order valence-corrected chi connectivity index (χ2v) is 9.06. The fraction of sp³-hybridized carbons (Fsp3) is 0.762. The van der Waals surface area contributed by atoms with Gasteiger partial charge in [0, 0.05) is 17.3 Å². The van der Waals surface area contributed by atoms with Gasteiger partial charge < -0.3 is 39.7 Å². The van der Waals surface area contributed by atoms with E-state index in [4.69, 9.17) is 14.2 Å². The van der Waals surface area contributed by atoms with Crippen LogP contribution in [-0.2, 0) is 19.0 Å². The van der Waals surface area contributed by atoms with Gasteiger partial charge in [-0.05, 0) is 12.0 Å².